The average Bonchev–Trinajstić information content (AvgIpc) is 3.01. The first-order chi connectivity index (χ1) is 11.4. The molecule has 0 saturated carbocycles. The third-order valence-electron chi connectivity index (χ3n) is 4.10. The van der Waals surface area contributed by atoms with Crippen molar-refractivity contribution in [1.82, 2.24) is 14.9 Å². The van der Waals surface area contributed by atoms with Crippen LogP contribution in [0.4, 0.5) is 0 Å². The van der Waals surface area contributed by atoms with Gasteiger partial charge in [0.15, 0.2) is 5.16 Å². The first-order valence-corrected chi connectivity index (χ1v) is 8.80. The number of imidazole rings is 1. The van der Waals surface area contributed by atoms with Crippen molar-refractivity contribution in [3.05, 3.63) is 42.2 Å². The van der Waals surface area contributed by atoms with Crippen LogP contribution in [0.3, 0.4) is 0 Å². The third kappa shape index (κ3) is 3.98. The fourth-order valence-electron chi connectivity index (χ4n) is 2.17. The molecule has 0 aliphatic carbocycles. The molecular weight excluding hydrogens is 320 g/mol. The lowest BCUT2D eigenvalue weighted by Crippen LogP contribution is -2.49. The Hall–Kier alpha value is -2.26. The molecule has 1 atom stereocenters. The maximum absolute atomic E-state index is 12.2. The predicted octanol–water partition coefficient (Wildman–Crippen LogP) is 3.33. The van der Waals surface area contributed by atoms with Crippen molar-refractivity contribution >= 4 is 17.7 Å². The van der Waals surface area contributed by atoms with Gasteiger partial charge in [0.05, 0.1) is 17.5 Å². The summed E-state index contributed by atoms with van der Waals surface area (Å²) in [5, 5.41) is 12.9. The molecule has 0 radical (unpaired) electrons. The number of nitrogens with one attached hydrogen (secondary N) is 1. The van der Waals surface area contributed by atoms with E-state index in [1.165, 1.54) is 11.8 Å². The Kier molecular flexibility index (Phi) is 5.68. The van der Waals surface area contributed by atoms with Gasteiger partial charge in [0.1, 0.15) is 5.54 Å². The molecule has 0 aliphatic rings. The fourth-order valence-corrected chi connectivity index (χ4v) is 2.94. The summed E-state index contributed by atoms with van der Waals surface area (Å²) in [6.07, 6.45) is 3.61. The van der Waals surface area contributed by atoms with Gasteiger partial charge in [0.2, 0.25) is 5.91 Å². The highest BCUT2D eigenvalue weighted by Crippen LogP contribution is 2.23. The molecule has 1 aromatic heterocycles. The largest absolute Gasteiger partial charge is 0.337 e. The van der Waals surface area contributed by atoms with Crippen molar-refractivity contribution in [2.45, 2.75) is 38.4 Å². The van der Waals surface area contributed by atoms with Gasteiger partial charge in [-0.1, -0.05) is 43.8 Å². The molecule has 1 N–H and O–H groups in total. The highest BCUT2D eigenvalue weighted by Gasteiger charge is 2.29. The lowest BCUT2D eigenvalue weighted by molar-refractivity contribution is -0.120. The van der Waals surface area contributed by atoms with E-state index >= 15 is 0 Å². The minimum atomic E-state index is -0.858. The number of aromatic nitrogens is 2. The molecule has 0 aliphatic heterocycles. The van der Waals surface area contributed by atoms with E-state index in [1.807, 2.05) is 55.8 Å². The minimum Gasteiger partial charge on any atom is -0.337 e. The maximum atomic E-state index is 12.2. The number of nitriles is 1. The Morgan fingerprint density at radius 3 is 2.79 bits per heavy atom. The van der Waals surface area contributed by atoms with Crippen molar-refractivity contribution in [1.29, 1.82) is 5.26 Å². The zero-order valence-corrected chi connectivity index (χ0v) is 15.2. The van der Waals surface area contributed by atoms with Gasteiger partial charge < -0.3 is 5.32 Å². The van der Waals surface area contributed by atoms with E-state index in [0.717, 1.165) is 16.4 Å². The maximum Gasteiger partial charge on any atom is 0.231 e. The summed E-state index contributed by atoms with van der Waals surface area (Å²) in [7, 11) is 0. The number of thioether (sulfide) groups is 1. The number of aryl methyl sites for hydroxylation is 1. The number of hydrogen-bond donors (Lipinski definition) is 1. The molecule has 1 unspecified atom stereocenters. The summed E-state index contributed by atoms with van der Waals surface area (Å²) >= 11 is 1.36. The van der Waals surface area contributed by atoms with E-state index in [1.54, 1.807) is 13.1 Å². The Morgan fingerprint density at radius 2 is 2.17 bits per heavy atom. The lowest BCUT2D eigenvalue weighted by atomic mass is 9.90. The quantitative estimate of drug-likeness (QED) is 0.818. The molecule has 1 aromatic carbocycles. The van der Waals surface area contributed by atoms with E-state index in [-0.39, 0.29) is 17.6 Å². The van der Waals surface area contributed by atoms with Gasteiger partial charge in [-0.25, -0.2) is 4.98 Å². The molecule has 24 heavy (non-hydrogen) atoms. The van der Waals surface area contributed by atoms with Gasteiger partial charge in [0.25, 0.3) is 0 Å². The fraction of sp³-hybridized carbons (Fsp3) is 0.389. The monoisotopic (exact) mass is 342 g/mol. The molecule has 0 saturated heterocycles. The van der Waals surface area contributed by atoms with E-state index in [9.17, 15) is 10.1 Å². The van der Waals surface area contributed by atoms with Crippen LogP contribution < -0.4 is 5.32 Å². The zero-order valence-electron chi connectivity index (χ0n) is 14.4. The van der Waals surface area contributed by atoms with Gasteiger partial charge in [-0.2, -0.15) is 5.26 Å². The summed E-state index contributed by atoms with van der Waals surface area (Å²) in [5.74, 6) is 0.0786. The van der Waals surface area contributed by atoms with Crippen LogP contribution in [-0.2, 0) is 4.79 Å². The number of amides is 1. The van der Waals surface area contributed by atoms with Crippen LogP contribution in [-0.4, -0.2) is 26.8 Å². The summed E-state index contributed by atoms with van der Waals surface area (Å²) in [6.45, 7) is 7.62. The minimum absolute atomic E-state index is 0.0328. The molecule has 0 spiro atoms. The van der Waals surface area contributed by atoms with Crippen molar-refractivity contribution in [2.24, 2.45) is 5.92 Å². The number of rotatable bonds is 6. The topological polar surface area (TPSA) is 70.7 Å². The molecule has 5 nitrogen and oxygen atoms in total. The zero-order chi connectivity index (χ0) is 17.7. The highest BCUT2D eigenvalue weighted by atomic mass is 32.2. The van der Waals surface area contributed by atoms with Crippen molar-refractivity contribution < 1.29 is 4.79 Å². The molecule has 2 aromatic rings. The summed E-state index contributed by atoms with van der Waals surface area (Å²) in [4.78, 5) is 16.6. The second-order valence-corrected chi connectivity index (χ2v) is 7.11. The average molecular weight is 342 g/mol. The number of benzene rings is 1. The van der Waals surface area contributed by atoms with Crippen LogP contribution in [0.1, 0.15) is 26.3 Å². The third-order valence-corrected chi connectivity index (χ3v) is 5.07. The molecule has 0 fully saturated rings. The Morgan fingerprint density at radius 1 is 1.46 bits per heavy atom. The summed E-state index contributed by atoms with van der Waals surface area (Å²) in [6, 6.07) is 10.2. The standard InChI is InChI=1S/C18H22N4OS/c1-13(2)18(4,12-19)21-16(23)11-24-17-20-9-10-22(17)15-8-6-5-7-14(15)3/h5-10,13H,11H2,1-4H3,(H,21,23). The Labute approximate surface area is 147 Å². The number of nitrogens with zero attached hydrogens (tertiary/aromatic N) is 3. The van der Waals surface area contributed by atoms with Gasteiger partial charge in [-0.3, -0.25) is 9.36 Å². The Balaban J connectivity index is 2.07. The van der Waals surface area contributed by atoms with E-state index in [4.69, 9.17) is 0 Å². The number of carbonyl (C=O) groups excluding carboxylic acids is 1. The first-order valence-electron chi connectivity index (χ1n) is 7.82. The molecule has 1 amide bonds. The van der Waals surface area contributed by atoms with Crippen LogP contribution in [0.5, 0.6) is 0 Å². The Bertz CT molecular complexity index is 762. The second-order valence-electron chi connectivity index (χ2n) is 6.17. The lowest BCUT2D eigenvalue weighted by Gasteiger charge is -2.27. The predicted molar refractivity (Wildman–Crippen MR) is 96.0 cm³/mol. The molecule has 6 heteroatoms. The van der Waals surface area contributed by atoms with Crippen molar-refractivity contribution in [3.8, 4) is 11.8 Å². The van der Waals surface area contributed by atoms with Gasteiger partial charge in [0, 0.05) is 12.4 Å². The van der Waals surface area contributed by atoms with Gasteiger partial charge in [-0.15, -0.1) is 0 Å². The van der Waals surface area contributed by atoms with Crippen LogP contribution in [0.25, 0.3) is 5.69 Å². The molecule has 126 valence electrons. The number of hydrogen-bond acceptors (Lipinski definition) is 4. The number of carbonyl (C=O) groups is 1. The highest BCUT2D eigenvalue weighted by molar-refractivity contribution is 7.99. The molecule has 0 bridgehead atoms. The first kappa shape index (κ1) is 18.1. The van der Waals surface area contributed by atoms with Crippen LogP contribution in [0, 0.1) is 24.2 Å². The van der Waals surface area contributed by atoms with E-state index in [2.05, 4.69) is 16.4 Å². The molecule has 1 heterocycles. The van der Waals surface area contributed by atoms with Crippen LogP contribution >= 0.6 is 11.8 Å². The van der Waals surface area contributed by atoms with Crippen LogP contribution in [0.2, 0.25) is 0 Å². The van der Waals surface area contributed by atoms with E-state index in [0.29, 0.717) is 0 Å². The second kappa shape index (κ2) is 7.54. The SMILES string of the molecule is Cc1ccccc1-n1ccnc1SCC(=O)NC(C)(C#N)C(C)C. The normalized spacial score (nSPS) is 13.3. The summed E-state index contributed by atoms with van der Waals surface area (Å²) in [5.41, 5.74) is 1.32. The summed E-state index contributed by atoms with van der Waals surface area (Å²) < 4.78 is 1.97. The number of para-hydroxylation sites is 1. The smallest absolute Gasteiger partial charge is 0.231 e. The molecule has 2 rings (SSSR count). The van der Waals surface area contributed by atoms with Crippen molar-refractivity contribution in [2.75, 3.05) is 5.75 Å². The van der Waals surface area contributed by atoms with Gasteiger partial charge >= 0.3 is 0 Å². The molecular formula is C18H22N4OS. The van der Waals surface area contributed by atoms with Crippen LogP contribution in [0.15, 0.2) is 41.8 Å². The van der Waals surface area contributed by atoms with Gasteiger partial charge in [-0.05, 0) is 31.4 Å². The van der Waals surface area contributed by atoms with Crippen molar-refractivity contribution in [3.63, 3.8) is 0 Å². The van der Waals surface area contributed by atoms with E-state index < -0.39 is 5.54 Å².